The van der Waals surface area contributed by atoms with Crippen LogP contribution >= 0.6 is 0 Å². The van der Waals surface area contributed by atoms with Crippen LogP contribution in [-0.2, 0) is 0 Å². The Morgan fingerprint density at radius 1 is 1.00 bits per heavy atom. The van der Waals surface area contributed by atoms with Crippen molar-refractivity contribution < 1.29 is 0 Å². The maximum atomic E-state index is 4.66. The van der Waals surface area contributed by atoms with Crippen molar-refractivity contribution in [3.63, 3.8) is 0 Å². The molecule has 0 heterocycles. The van der Waals surface area contributed by atoms with E-state index in [1.807, 2.05) is 0 Å². The average Bonchev–Trinajstić information content (AvgIpc) is 2.01. The summed E-state index contributed by atoms with van der Waals surface area (Å²) in [6, 6.07) is 0. The summed E-state index contributed by atoms with van der Waals surface area (Å²) in [5, 5.41) is 0. The zero-order valence-electron chi connectivity index (χ0n) is 9.77. The Kier molecular flexibility index (Phi) is 8.12. The van der Waals surface area contributed by atoms with Crippen LogP contribution in [0.2, 0.25) is 14.8 Å². The van der Waals surface area contributed by atoms with Crippen LogP contribution in [0, 0.1) is 0 Å². The van der Waals surface area contributed by atoms with Gasteiger partial charge in [-0.25, -0.2) is 0 Å². The third-order valence-electron chi connectivity index (χ3n) is 1.92. The number of rotatable bonds is 7. The molecule has 0 aromatic heterocycles. The minimum absolute atomic E-state index is 1.21. The molecule has 0 aromatic rings. The van der Waals surface area contributed by atoms with Gasteiger partial charge in [0.2, 0.25) is 0 Å². The molecular formula is C11H25NSn. The van der Waals surface area contributed by atoms with Crippen LogP contribution in [0.15, 0.2) is 3.21 Å². The van der Waals surface area contributed by atoms with Crippen LogP contribution in [0.4, 0.5) is 0 Å². The van der Waals surface area contributed by atoms with Gasteiger partial charge in [0.1, 0.15) is 0 Å². The van der Waals surface area contributed by atoms with Crippen molar-refractivity contribution in [2.75, 3.05) is 0 Å². The third-order valence-corrected chi connectivity index (χ3v) is 4.65. The fourth-order valence-corrected chi connectivity index (χ4v) is 3.11. The maximum absolute atomic E-state index is 4.66. The van der Waals surface area contributed by atoms with E-state index in [-0.39, 0.29) is 0 Å². The fraction of sp³-hybridized carbons (Fsp3) is 0.909. The predicted molar refractivity (Wildman–Crippen MR) is 65.2 cm³/mol. The third kappa shape index (κ3) is 12.5. The van der Waals surface area contributed by atoms with Gasteiger partial charge in [0.25, 0.3) is 0 Å². The topological polar surface area (TPSA) is 12.4 Å². The Morgan fingerprint density at radius 2 is 1.62 bits per heavy atom. The summed E-state index contributed by atoms with van der Waals surface area (Å²) >= 11 is -1.82. The first-order valence-electron chi connectivity index (χ1n) is 5.60. The van der Waals surface area contributed by atoms with Gasteiger partial charge in [-0.1, -0.05) is 0 Å². The van der Waals surface area contributed by atoms with Gasteiger partial charge in [0, 0.05) is 0 Å². The van der Waals surface area contributed by atoms with E-state index in [1.165, 1.54) is 38.5 Å². The van der Waals surface area contributed by atoms with Crippen molar-refractivity contribution in [3.8, 4) is 0 Å². The molecule has 0 aliphatic carbocycles. The van der Waals surface area contributed by atoms with Gasteiger partial charge in [-0.2, -0.15) is 0 Å². The molecule has 0 bridgehead atoms. The van der Waals surface area contributed by atoms with Crippen molar-refractivity contribution in [2.24, 2.45) is 3.21 Å². The Balaban J connectivity index is 3.21. The molecule has 0 spiro atoms. The quantitative estimate of drug-likeness (QED) is 0.377. The molecule has 0 saturated heterocycles. The minimum atomic E-state index is -1.82. The molecule has 0 rings (SSSR count). The second kappa shape index (κ2) is 7.83. The first-order valence-corrected chi connectivity index (χ1v) is 15.4. The van der Waals surface area contributed by atoms with Crippen molar-refractivity contribution in [2.45, 2.75) is 60.3 Å². The Labute approximate surface area is 88.3 Å². The molecule has 0 fully saturated rings. The number of unbranched alkanes of at least 4 members (excludes halogenated alkanes) is 5. The van der Waals surface area contributed by atoms with E-state index in [0.717, 1.165) is 0 Å². The van der Waals surface area contributed by atoms with E-state index in [9.17, 15) is 0 Å². The molecule has 1 nitrogen and oxygen atoms in total. The van der Waals surface area contributed by atoms with Crippen molar-refractivity contribution in [3.05, 3.63) is 0 Å². The van der Waals surface area contributed by atoms with E-state index in [4.69, 9.17) is 0 Å². The molecule has 0 atom stereocenters. The van der Waals surface area contributed by atoms with Gasteiger partial charge in [-0.05, 0) is 0 Å². The van der Waals surface area contributed by atoms with E-state index in [2.05, 4.69) is 31.2 Å². The van der Waals surface area contributed by atoms with E-state index < -0.39 is 18.7 Å². The van der Waals surface area contributed by atoms with Crippen molar-refractivity contribution in [1.29, 1.82) is 0 Å². The zero-order valence-corrected chi connectivity index (χ0v) is 12.6. The summed E-state index contributed by atoms with van der Waals surface area (Å²) in [5.74, 6) is 0. The summed E-state index contributed by atoms with van der Waals surface area (Å²) in [4.78, 5) is 7.05. The molecule has 0 N–H and O–H groups in total. The number of hydrogen-bond acceptors (Lipinski definition) is 1. The van der Waals surface area contributed by atoms with Gasteiger partial charge in [0.15, 0.2) is 0 Å². The summed E-state index contributed by atoms with van der Waals surface area (Å²) in [6.07, 6.45) is 10.3. The molecule has 0 aromatic carbocycles. The molecule has 0 unspecified atom stereocenters. The summed E-state index contributed by atoms with van der Waals surface area (Å²) < 4.78 is 4.66. The molecule has 13 heavy (non-hydrogen) atoms. The molecular weight excluding hydrogens is 265 g/mol. The van der Waals surface area contributed by atoms with Crippen molar-refractivity contribution >= 4 is 24.9 Å². The first kappa shape index (κ1) is 13.5. The van der Waals surface area contributed by atoms with Crippen molar-refractivity contribution in [1.82, 2.24) is 0 Å². The van der Waals surface area contributed by atoms with Crippen LogP contribution in [0.5, 0.6) is 0 Å². The monoisotopic (exact) mass is 291 g/mol. The number of hydrogen-bond donors (Lipinski definition) is 0. The number of nitrogens with zero attached hydrogens (tertiary/aromatic N) is 1. The van der Waals surface area contributed by atoms with Crippen LogP contribution in [-0.4, -0.2) is 24.9 Å². The molecule has 78 valence electrons. The Morgan fingerprint density at radius 3 is 2.15 bits per heavy atom. The molecule has 0 radical (unpaired) electrons. The van der Waals surface area contributed by atoms with E-state index in [1.54, 1.807) is 0 Å². The fourth-order valence-electron chi connectivity index (χ4n) is 1.18. The molecule has 0 aliphatic rings. The van der Waals surface area contributed by atoms with Gasteiger partial charge in [-0.15, -0.1) is 0 Å². The molecule has 0 aliphatic heterocycles. The molecule has 0 saturated carbocycles. The van der Waals surface area contributed by atoms with Gasteiger partial charge in [-0.3, -0.25) is 0 Å². The van der Waals surface area contributed by atoms with Gasteiger partial charge >= 0.3 is 88.3 Å². The second-order valence-corrected chi connectivity index (χ2v) is 17.8. The van der Waals surface area contributed by atoms with Crippen LogP contribution < -0.4 is 0 Å². The second-order valence-electron chi connectivity index (χ2n) is 4.69. The predicted octanol–water partition coefficient (Wildman–Crippen LogP) is 4.25. The standard InChI is InChI=1S/C8H16N.3CH3.Sn/c1-2-3-4-5-6-7-8-9;;;;/h8H,2-7H2,1H3;3*1H3;/q-1;;;;+1. The average molecular weight is 290 g/mol. The van der Waals surface area contributed by atoms with Gasteiger partial charge < -0.3 is 0 Å². The molecule has 2 heteroatoms. The Bertz CT molecular complexity index is 136. The molecule has 0 amide bonds. The SMILES string of the molecule is CCCCCCC/C=[N]/[Sn]([CH3])([CH3])[CH3]. The summed E-state index contributed by atoms with van der Waals surface area (Å²) in [6.45, 7) is 2.26. The summed E-state index contributed by atoms with van der Waals surface area (Å²) in [7, 11) is 0. The van der Waals surface area contributed by atoms with E-state index >= 15 is 0 Å². The van der Waals surface area contributed by atoms with Crippen LogP contribution in [0.3, 0.4) is 0 Å². The summed E-state index contributed by atoms with van der Waals surface area (Å²) in [5.41, 5.74) is 0. The van der Waals surface area contributed by atoms with Crippen LogP contribution in [0.25, 0.3) is 0 Å². The first-order chi connectivity index (χ1) is 6.06. The van der Waals surface area contributed by atoms with Crippen LogP contribution in [0.1, 0.15) is 45.4 Å². The van der Waals surface area contributed by atoms with Gasteiger partial charge in [0.05, 0.1) is 0 Å². The zero-order chi connectivity index (χ0) is 10.2. The van der Waals surface area contributed by atoms with E-state index in [0.29, 0.717) is 0 Å². The normalized spacial score (nSPS) is 12.6. The Hall–Kier alpha value is 0.469.